The first-order valence-electron chi connectivity index (χ1n) is 4.37. The van der Waals surface area contributed by atoms with E-state index in [0.717, 1.165) is 4.90 Å². The monoisotopic (exact) mass is 223 g/mol. The molecule has 0 aliphatic carbocycles. The molecule has 5 heteroatoms. The predicted octanol–water partition coefficient (Wildman–Crippen LogP) is 1.02. The maximum atomic E-state index is 11.8. The topological polar surface area (TPSA) is 55.4 Å². The Balaban J connectivity index is 2.34. The molecule has 4 nitrogen and oxygen atoms in total. The van der Waals surface area contributed by atoms with Crippen LogP contribution in [0.15, 0.2) is 29.2 Å². The lowest BCUT2D eigenvalue weighted by Gasteiger charge is -2.21. The van der Waals surface area contributed by atoms with E-state index in [9.17, 15) is 9.59 Å². The van der Waals surface area contributed by atoms with Gasteiger partial charge in [0, 0.05) is 10.5 Å². The fourth-order valence-electron chi connectivity index (χ4n) is 1.36. The minimum absolute atomic E-state index is 0.240. The van der Waals surface area contributed by atoms with Gasteiger partial charge < -0.3 is 4.74 Å². The average molecular weight is 223 g/mol. The van der Waals surface area contributed by atoms with Crippen LogP contribution in [-0.2, 0) is 9.53 Å². The fraction of sp³-hybridized carbons (Fsp3) is 0.200. The summed E-state index contributed by atoms with van der Waals surface area (Å²) in [5, 5.41) is 0. The van der Waals surface area contributed by atoms with E-state index >= 15 is 0 Å². The number of ether oxygens (including phenoxy) is 1. The molecule has 1 aliphatic heterocycles. The number of ketones is 1. The number of carbonyl (C=O) groups is 2. The lowest BCUT2D eigenvalue weighted by Crippen LogP contribution is -2.43. The number of fused-ring (bicyclic) bond motifs is 1. The van der Waals surface area contributed by atoms with Gasteiger partial charge in [-0.2, -0.15) is 0 Å². The van der Waals surface area contributed by atoms with E-state index in [1.807, 2.05) is 12.1 Å². The molecule has 1 aliphatic rings. The average Bonchev–Trinajstić information content (AvgIpc) is 2.29. The van der Waals surface area contributed by atoms with Gasteiger partial charge in [0.05, 0.1) is 7.11 Å². The molecule has 1 aromatic rings. The summed E-state index contributed by atoms with van der Waals surface area (Å²) in [6.45, 7) is 0. The molecule has 1 aromatic carbocycles. The van der Waals surface area contributed by atoms with Crippen LogP contribution in [0.2, 0.25) is 0 Å². The molecular weight excluding hydrogens is 214 g/mol. The smallest absolute Gasteiger partial charge is 0.331 e. The molecule has 0 saturated heterocycles. The first-order valence-corrected chi connectivity index (χ1v) is 5.19. The van der Waals surface area contributed by atoms with Crippen molar-refractivity contribution in [3.63, 3.8) is 0 Å². The van der Waals surface area contributed by atoms with Crippen LogP contribution in [-0.4, -0.2) is 24.9 Å². The van der Waals surface area contributed by atoms with E-state index in [1.165, 1.54) is 19.1 Å². The van der Waals surface area contributed by atoms with E-state index in [1.54, 1.807) is 12.1 Å². The number of carbonyl (C=O) groups excluding carboxylic acids is 2. The van der Waals surface area contributed by atoms with Gasteiger partial charge in [-0.1, -0.05) is 18.2 Å². The van der Waals surface area contributed by atoms with Crippen molar-refractivity contribution in [2.75, 3.05) is 7.11 Å². The normalized spacial score (nSPS) is 19.5. The Bertz CT molecular complexity index is 419. The molecule has 1 unspecified atom stereocenters. The first kappa shape index (κ1) is 10.2. The number of rotatable bonds is 1. The van der Waals surface area contributed by atoms with Crippen molar-refractivity contribution in [3.8, 4) is 0 Å². The number of esters is 1. The maximum absolute atomic E-state index is 11.8. The van der Waals surface area contributed by atoms with Crippen LogP contribution in [0.25, 0.3) is 0 Å². The van der Waals surface area contributed by atoms with Gasteiger partial charge in [-0.25, -0.2) is 9.52 Å². The molecular formula is C10H9NO3S. The summed E-state index contributed by atoms with van der Waals surface area (Å²) in [6, 6.07) is 6.27. The van der Waals surface area contributed by atoms with E-state index in [4.69, 9.17) is 0 Å². The molecule has 1 N–H and O–H groups in total. The molecule has 0 aromatic heterocycles. The minimum atomic E-state index is -0.894. The van der Waals surface area contributed by atoms with Crippen LogP contribution in [0.4, 0.5) is 0 Å². The highest BCUT2D eigenvalue weighted by atomic mass is 32.2. The van der Waals surface area contributed by atoms with Crippen molar-refractivity contribution in [2.45, 2.75) is 10.9 Å². The van der Waals surface area contributed by atoms with Crippen LogP contribution in [0.3, 0.4) is 0 Å². The van der Waals surface area contributed by atoms with Gasteiger partial charge in [0.15, 0.2) is 11.8 Å². The standard InChI is InChI=1S/C10H9NO3S/c1-14-10(13)8-9(12)6-4-2-3-5-7(6)15-11-8/h2-5,8,11H,1H3. The molecule has 0 amide bonds. The summed E-state index contributed by atoms with van der Waals surface area (Å²) in [5.74, 6) is -0.793. The molecule has 0 spiro atoms. The van der Waals surface area contributed by atoms with E-state index in [0.29, 0.717) is 5.56 Å². The molecule has 1 heterocycles. The summed E-state index contributed by atoms with van der Waals surface area (Å²) in [5.41, 5.74) is 0.566. The van der Waals surface area contributed by atoms with Gasteiger partial charge in [-0.15, -0.1) is 0 Å². The molecule has 15 heavy (non-hydrogen) atoms. The van der Waals surface area contributed by atoms with E-state index in [2.05, 4.69) is 9.46 Å². The Morgan fingerprint density at radius 2 is 2.20 bits per heavy atom. The molecule has 0 radical (unpaired) electrons. The summed E-state index contributed by atoms with van der Waals surface area (Å²) in [7, 11) is 1.27. The Hall–Kier alpha value is -1.33. The Morgan fingerprint density at radius 3 is 2.93 bits per heavy atom. The molecule has 78 valence electrons. The number of hydrogen-bond acceptors (Lipinski definition) is 5. The highest BCUT2D eigenvalue weighted by Gasteiger charge is 2.33. The molecule has 2 rings (SSSR count). The number of Topliss-reactive ketones (excluding diaryl/α,β-unsaturated/α-hetero) is 1. The van der Waals surface area contributed by atoms with Gasteiger partial charge in [-0.05, 0) is 18.0 Å². The van der Waals surface area contributed by atoms with Crippen molar-refractivity contribution < 1.29 is 14.3 Å². The van der Waals surface area contributed by atoms with Gasteiger partial charge in [0.25, 0.3) is 0 Å². The van der Waals surface area contributed by atoms with Gasteiger partial charge >= 0.3 is 5.97 Å². The van der Waals surface area contributed by atoms with E-state index in [-0.39, 0.29) is 5.78 Å². The fourth-order valence-corrected chi connectivity index (χ4v) is 2.24. The SMILES string of the molecule is COC(=O)C1NSc2ccccc2C1=O. The molecule has 1 atom stereocenters. The minimum Gasteiger partial charge on any atom is -0.467 e. The first-order chi connectivity index (χ1) is 7.24. The zero-order valence-corrected chi connectivity index (χ0v) is 8.84. The second-order valence-corrected chi connectivity index (χ2v) is 3.92. The second kappa shape index (κ2) is 4.04. The summed E-state index contributed by atoms with van der Waals surface area (Å²) >= 11 is 1.27. The summed E-state index contributed by atoms with van der Waals surface area (Å²) in [4.78, 5) is 23.9. The third kappa shape index (κ3) is 1.75. The van der Waals surface area contributed by atoms with Crippen LogP contribution in [0.1, 0.15) is 10.4 Å². The number of benzene rings is 1. The van der Waals surface area contributed by atoms with Crippen LogP contribution >= 0.6 is 11.9 Å². The van der Waals surface area contributed by atoms with Gasteiger partial charge in [-0.3, -0.25) is 4.79 Å². The number of methoxy groups -OCH3 is 1. The van der Waals surface area contributed by atoms with Gasteiger partial charge in [0.1, 0.15) is 0 Å². The van der Waals surface area contributed by atoms with Crippen LogP contribution in [0.5, 0.6) is 0 Å². The molecule has 0 bridgehead atoms. The summed E-state index contributed by atoms with van der Waals surface area (Å²) < 4.78 is 7.31. The highest BCUT2D eigenvalue weighted by Crippen LogP contribution is 2.26. The van der Waals surface area contributed by atoms with Crippen LogP contribution < -0.4 is 4.72 Å². The lowest BCUT2D eigenvalue weighted by atomic mass is 10.0. The maximum Gasteiger partial charge on any atom is 0.331 e. The highest BCUT2D eigenvalue weighted by molar-refractivity contribution is 7.97. The number of hydrogen-bond donors (Lipinski definition) is 1. The quantitative estimate of drug-likeness (QED) is 0.437. The Morgan fingerprint density at radius 1 is 1.47 bits per heavy atom. The number of nitrogens with one attached hydrogen (secondary N) is 1. The lowest BCUT2D eigenvalue weighted by molar-refractivity contribution is -0.141. The Labute approximate surface area is 91.1 Å². The largest absolute Gasteiger partial charge is 0.467 e. The zero-order chi connectivity index (χ0) is 10.8. The zero-order valence-electron chi connectivity index (χ0n) is 8.02. The molecule has 0 saturated carbocycles. The van der Waals surface area contributed by atoms with Crippen molar-refractivity contribution in [3.05, 3.63) is 29.8 Å². The Kier molecular flexibility index (Phi) is 2.75. The second-order valence-electron chi connectivity index (χ2n) is 3.04. The van der Waals surface area contributed by atoms with Crippen molar-refractivity contribution in [1.82, 2.24) is 4.72 Å². The van der Waals surface area contributed by atoms with Crippen LogP contribution in [0, 0.1) is 0 Å². The summed E-state index contributed by atoms with van der Waals surface area (Å²) in [6.07, 6.45) is 0. The van der Waals surface area contributed by atoms with Crippen molar-refractivity contribution in [2.24, 2.45) is 0 Å². The van der Waals surface area contributed by atoms with Crippen molar-refractivity contribution >= 4 is 23.7 Å². The van der Waals surface area contributed by atoms with Gasteiger partial charge in [0.2, 0.25) is 0 Å². The van der Waals surface area contributed by atoms with Crippen molar-refractivity contribution in [1.29, 1.82) is 0 Å². The predicted molar refractivity (Wildman–Crippen MR) is 55.6 cm³/mol. The van der Waals surface area contributed by atoms with E-state index < -0.39 is 12.0 Å². The molecule has 0 fully saturated rings. The third-order valence-electron chi connectivity index (χ3n) is 2.14. The third-order valence-corrected chi connectivity index (χ3v) is 3.07.